The van der Waals surface area contributed by atoms with Crippen LogP contribution in [0.2, 0.25) is 0 Å². The van der Waals surface area contributed by atoms with Crippen molar-refractivity contribution in [2.75, 3.05) is 0 Å². The van der Waals surface area contributed by atoms with Crippen molar-refractivity contribution in [3.05, 3.63) is 107 Å². The van der Waals surface area contributed by atoms with Crippen molar-refractivity contribution in [2.45, 2.75) is 25.9 Å². The molecule has 0 fully saturated rings. The molecule has 0 saturated carbocycles. The molecule has 2 atom stereocenters. The third-order valence-corrected chi connectivity index (χ3v) is 4.57. The standard InChI is InChI=1S/C16H17F2N.C8H6O4.2H2S/c1-11(13-6-4-3-5-7-13)19-12(2)14-8-15(17)10-16(18)9-14;9-7(10)5-3-1-2-4-6(5)8(11)12;;/h3-12,19H,1-2H3;1-4H,(H,9,10)(H,11,12);2*1H2/t11-,12-;;;/m0.../s1. The summed E-state index contributed by atoms with van der Waals surface area (Å²) >= 11 is 0. The van der Waals surface area contributed by atoms with Gasteiger partial charge in [-0.2, -0.15) is 27.0 Å². The third-order valence-electron chi connectivity index (χ3n) is 4.57. The van der Waals surface area contributed by atoms with Gasteiger partial charge in [-0.3, -0.25) is 0 Å². The second kappa shape index (κ2) is 14.3. The predicted octanol–water partition coefficient (Wildman–Crippen LogP) is 5.69. The lowest BCUT2D eigenvalue weighted by Gasteiger charge is -2.21. The summed E-state index contributed by atoms with van der Waals surface area (Å²) in [5.41, 5.74) is 1.38. The Morgan fingerprint density at radius 1 is 0.697 bits per heavy atom. The van der Waals surface area contributed by atoms with Crippen molar-refractivity contribution in [1.29, 1.82) is 0 Å². The van der Waals surface area contributed by atoms with Crippen LogP contribution < -0.4 is 5.32 Å². The molecule has 0 aliphatic carbocycles. The Kier molecular flexibility index (Phi) is 13.1. The van der Waals surface area contributed by atoms with Gasteiger partial charge in [0.25, 0.3) is 0 Å². The number of hydrogen-bond donors (Lipinski definition) is 3. The number of aromatic carboxylic acids is 2. The van der Waals surface area contributed by atoms with Crippen LogP contribution in [-0.2, 0) is 0 Å². The normalized spacial score (nSPS) is 11.5. The van der Waals surface area contributed by atoms with Crippen molar-refractivity contribution >= 4 is 38.9 Å². The van der Waals surface area contributed by atoms with Gasteiger partial charge in [-0.1, -0.05) is 42.5 Å². The number of halogens is 2. The monoisotopic (exact) mass is 495 g/mol. The zero-order valence-electron chi connectivity index (χ0n) is 18.0. The van der Waals surface area contributed by atoms with Crippen molar-refractivity contribution in [3.8, 4) is 0 Å². The fourth-order valence-electron chi connectivity index (χ4n) is 2.99. The summed E-state index contributed by atoms with van der Waals surface area (Å²) < 4.78 is 26.4. The topological polar surface area (TPSA) is 86.6 Å². The quantitative estimate of drug-likeness (QED) is 0.409. The number of carboxylic acids is 2. The van der Waals surface area contributed by atoms with Crippen molar-refractivity contribution in [2.24, 2.45) is 0 Å². The first-order valence-electron chi connectivity index (χ1n) is 9.51. The fourth-order valence-corrected chi connectivity index (χ4v) is 2.99. The molecule has 0 unspecified atom stereocenters. The molecule has 178 valence electrons. The van der Waals surface area contributed by atoms with Gasteiger partial charge >= 0.3 is 11.9 Å². The van der Waals surface area contributed by atoms with Crippen molar-refractivity contribution in [1.82, 2.24) is 5.32 Å². The maximum Gasteiger partial charge on any atom is 0.336 e. The predicted molar refractivity (Wildman–Crippen MR) is 134 cm³/mol. The van der Waals surface area contributed by atoms with Crippen LogP contribution in [0.1, 0.15) is 57.8 Å². The molecule has 0 radical (unpaired) electrons. The first-order chi connectivity index (χ1) is 14.7. The molecule has 0 heterocycles. The third kappa shape index (κ3) is 9.25. The van der Waals surface area contributed by atoms with E-state index in [1.165, 1.54) is 36.4 Å². The highest BCUT2D eigenvalue weighted by Crippen LogP contribution is 2.20. The molecule has 3 aromatic rings. The Morgan fingerprint density at radius 3 is 1.52 bits per heavy atom. The highest BCUT2D eigenvalue weighted by molar-refractivity contribution is 7.59. The fraction of sp³-hybridized carbons (Fsp3) is 0.167. The smallest absolute Gasteiger partial charge is 0.336 e. The van der Waals surface area contributed by atoms with Gasteiger partial charge in [0.2, 0.25) is 0 Å². The van der Waals surface area contributed by atoms with Gasteiger partial charge in [0.15, 0.2) is 0 Å². The highest BCUT2D eigenvalue weighted by Gasteiger charge is 2.14. The lowest BCUT2D eigenvalue weighted by Crippen LogP contribution is -2.22. The molecule has 5 nitrogen and oxygen atoms in total. The molecule has 3 rings (SSSR count). The summed E-state index contributed by atoms with van der Waals surface area (Å²) in [6, 6.07) is 19.0. The Morgan fingerprint density at radius 2 is 1.09 bits per heavy atom. The van der Waals surface area contributed by atoms with Gasteiger partial charge in [0.05, 0.1) is 11.1 Å². The van der Waals surface area contributed by atoms with Crippen LogP contribution in [0.5, 0.6) is 0 Å². The maximum absolute atomic E-state index is 13.2. The minimum atomic E-state index is -1.23. The molecule has 3 aromatic carbocycles. The molecule has 0 aromatic heterocycles. The van der Waals surface area contributed by atoms with Gasteiger partial charge in [0.1, 0.15) is 11.6 Å². The summed E-state index contributed by atoms with van der Waals surface area (Å²) in [5, 5.41) is 20.4. The van der Waals surface area contributed by atoms with Gasteiger partial charge in [0, 0.05) is 18.2 Å². The molecule has 0 bridgehead atoms. The van der Waals surface area contributed by atoms with Gasteiger partial charge in [-0.25, -0.2) is 18.4 Å². The van der Waals surface area contributed by atoms with E-state index in [4.69, 9.17) is 10.2 Å². The molecular formula is C24H27F2NO4S2. The second-order valence-electron chi connectivity index (χ2n) is 6.88. The van der Waals surface area contributed by atoms with Crippen LogP contribution in [0.4, 0.5) is 8.78 Å². The van der Waals surface area contributed by atoms with Crippen LogP contribution >= 0.6 is 27.0 Å². The molecule has 0 saturated heterocycles. The molecule has 0 aliphatic heterocycles. The van der Waals surface area contributed by atoms with E-state index in [2.05, 4.69) is 5.32 Å². The summed E-state index contributed by atoms with van der Waals surface area (Å²) in [6.07, 6.45) is 0. The molecule has 3 N–H and O–H groups in total. The Hall–Kier alpha value is -2.88. The lowest BCUT2D eigenvalue weighted by atomic mass is 10.0. The number of carbonyl (C=O) groups is 2. The van der Waals surface area contributed by atoms with E-state index in [0.717, 1.165) is 11.6 Å². The van der Waals surface area contributed by atoms with Crippen LogP contribution in [-0.4, -0.2) is 22.2 Å². The Bertz CT molecular complexity index is 998. The zero-order chi connectivity index (χ0) is 23.0. The van der Waals surface area contributed by atoms with Crippen LogP contribution in [0.25, 0.3) is 0 Å². The molecular weight excluding hydrogens is 468 g/mol. The number of carboxylic acid groups (broad SMARTS) is 2. The summed E-state index contributed by atoms with van der Waals surface area (Å²) in [6.45, 7) is 3.93. The van der Waals surface area contributed by atoms with E-state index >= 15 is 0 Å². The first kappa shape index (κ1) is 30.1. The largest absolute Gasteiger partial charge is 0.478 e. The first-order valence-corrected chi connectivity index (χ1v) is 9.51. The van der Waals surface area contributed by atoms with E-state index in [9.17, 15) is 18.4 Å². The van der Waals surface area contributed by atoms with Gasteiger partial charge in [-0.05, 0) is 49.2 Å². The minimum Gasteiger partial charge on any atom is -0.478 e. The minimum absolute atomic E-state index is 0. The average molecular weight is 496 g/mol. The number of benzene rings is 3. The van der Waals surface area contributed by atoms with E-state index in [1.54, 1.807) is 0 Å². The van der Waals surface area contributed by atoms with Crippen LogP contribution in [0, 0.1) is 11.6 Å². The second-order valence-corrected chi connectivity index (χ2v) is 6.88. The number of hydrogen-bond acceptors (Lipinski definition) is 3. The van der Waals surface area contributed by atoms with Crippen LogP contribution in [0.15, 0.2) is 72.8 Å². The Labute approximate surface area is 205 Å². The zero-order valence-corrected chi connectivity index (χ0v) is 20.0. The van der Waals surface area contributed by atoms with Crippen LogP contribution in [0.3, 0.4) is 0 Å². The summed E-state index contributed by atoms with van der Waals surface area (Å²) in [5.74, 6) is -3.55. The van der Waals surface area contributed by atoms with Crippen molar-refractivity contribution < 1.29 is 28.6 Å². The van der Waals surface area contributed by atoms with E-state index < -0.39 is 23.6 Å². The maximum atomic E-state index is 13.2. The number of rotatable bonds is 6. The van der Waals surface area contributed by atoms with Gasteiger partial charge in [-0.15, -0.1) is 0 Å². The van der Waals surface area contributed by atoms with Crippen molar-refractivity contribution in [3.63, 3.8) is 0 Å². The summed E-state index contributed by atoms with van der Waals surface area (Å²) in [4.78, 5) is 20.9. The van der Waals surface area contributed by atoms with E-state index in [-0.39, 0.29) is 50.2 Å². The van der Waals surface area contributed by atoms with Gasteiger partial charge < -0.3 is 15.5 Å². The molecule has 0 amide bonds. The summed E-state index contributed by atoms with van der Waals surface area (Å²) in [7, 11) is 0. The average Bonchev–Trinajstić information content (AvgIpc) is 2.74. The lowest BCUT2D eigenvalue weighted by molar-refractivity contribution is 0.0651. The molecule has 0 spiro atoms. The molecule has 33 heavy (non-hydrogen) atoms. The number of nitrogens with one attached hydrogen (secondary N) is 1. The Balaban J connectivity index is 0.000000640. The molecule has 0 aliphatic rings. The van der Waals surface area contributed by atoms with E-state index in [0.29, 0.717) is 5.56 Å². The molecule has 9 heteroatoms. The van der Waals surface area contributed by atoms with E-state index in [1.807, 2.05) is 44.2 Å². The highest BCUT2D eigenvalue weighted by atomic mass is 32.1. The SMILES string of the molecule is C[C@H](N[C@@H](C)c1cc(F)cc(F)c1)c1ccccc1.O=C(O)c1ccccc1C(=O)O.S.S.